The van der Waals surface area contributed by atoms with Gasteiger partial charge < -0.3 is 16.4 Å². The first-order valence-corrected chi connectivity index (χ1v) is 6.98. The van der Waals surface area contributed by atoms with Crippen molar-refractivity contribution in [1.29, 1.82) is 0 Å². The number of hydrogen-bond acceptors (Lipinski definition) is 3. The molecule has 24 heavy (non-hydrogen) atoms. The van der Waals surface area contributed by atoms with Crippen LogP contribution in [0.4, 0.5) is 24.5 Å². The fourth-order valence-corrected chi connectivity index (χ4v) is 1.94. The predicted molar refractivity (Wildman–Crippen MR) is 83.0 cm³/mol. The fraction of sp³-hybridized carbons (Fsp3) is 0.125. The van der Waals surface area contributed by atoms with Gasteiger partial charge in [0.1, 0.15) is 0 Å². The molecule has 2 aromatic rings. The molecule has 0 heterocycles. The number of hydrogen-bond donors (Lipinski definition) is 3. The lowest BCUT2D eigenvalue weighted by Gasteiger charge is -2.12. The number of amides is 2. The Balaban J connectivity index is 2.24. The molecule has 126 valence electrons. The molecule has 2 aromatic carbocycles. The molecule has 0 aliphatic carbocycles. The van der Waals surface area contributed by atoms with Crippen LogP contribution in [0.2, 0.25) is 0 Å². The first-order chi connectivity index (χ1) is 11.4. The van der Waals surface area contributed by atoms with Crippen molar-refractivity contribution in [2.75, 3.05) is 17.2 Å². The Morgan fingerprint density at radius 3 is 2.17 bits per heavy atom. The quantitative estimate of drug-likeness (QED) is 0.734. The summed E-state index contributed by atoms with van der Waals surface area (Å²) in [6, 6.07) is 7.67. The van der Waals surface area contributed by atoms with E-state index in [0.717, 1.165) is 6.07 Å². The van der Waals surface area contributed by atoms with E-state index in [9.17, 15) is 22.8 Å². The van der Waals surface area contributed by atoms with E-state index >= 15 is 0 Å². The molecule has 2 rings (SSSR count). The molecule has 4 N–H and O–H groups in total. The van der Waals surface area contributed by atoms with Gasteiger partial charge in [0, 0.05) is 13.0 Å². The van der Waals surface area contributed by atoms with Crippen molar-refractivity contribution in [3.63, 3.8) is 0 Å². The fourth-order valence-electron chi connectivity index (χ4n) is 1.94. The number of nitrogens with one attached hydrogen (secondary N) is 2. The lowest BCUT2D eigenvalue weighted by Crippen LogP contribution is -2.19. The molecule has 0 aliphatic heterocycles. The Hall–Kier alpha value is -2.87. The highest BCUT2D eigenvalue weighted by atomic mass is 19.2. The lowest BCUT2D eigenvalue weighted by atomic mass is 10.1. The summed E-state index contributed by atoms with van der Waals surface area (Å²) in [6.45, 7) is 0.153. The van der Waals surface area contributed by atoms with Gasteiger partial charge in [-0.2, -0.15) is 0 Å². The van der Waals surface area contributed by atoms with Crippen LogP contribution in [-0.4, -0.2) is 18.4 Å². The largest absolute Gasteiger partial charge is 0.330 e. The molecule has 0 bridgehead atoms. The molecule has 0 unspecified atom stereocenters. The van der Waals surface area contributed by atoms with E-state index in [1.165, 1.54) is 12.1 Å². The van der Waals surface area contributed by atoms with Crippen LogP contribution in [-0.2, 0) is 4.79 Å². The van der Waals surface area contributed by atoms with Crippen LogP contribution in [0.3, 0.4) is 0 Å². The van der Waals surface area contributed by atoms with Gasteiger partial charge in [0.05, 0.1) is 16.9 Å². The van der Waals surface area contributed by atoms with E-state index in [0.29, 0.717) is 6.07 Å². The molecule has 2 amide bonds. The number of carbonyl (C=O) groups excluding carboxylic acids is 2. The van der Waals surface area contributed by atoms with E-state index in [4.69, 9.17) is 5.73 Å². The van der Waals surface area contributed by atoms with Crippen molar-refractivity contribution >= 4 is 23.2 Å². The summed E-state index contributed by atoms with van der Waals surface area (Å²) >= 11 is 0. The minimum absolute atomic E-state index is 0.0834. The standard InChI is InChI=1S/C16H14F3N3O2/c17-10-6-5-9(14(18)15(10)19)16(24)22-12-4-2-1-3-11(12)21-13(23)7-8-20/h1-6H,7-8,20H2,(H,21,23)(H,22,24). The number of rotatable bonds is 5. The Morgan fingerprint density at radius 1 is 0.917 bits per heavy atom. The van der Waals surface area contributed by atoms with Crippen LogP contribution in [0.25, 0.3) is 0 Å². The Labute approximate surface area is 135 Å². The zero-order valence-corrected chi connectivity index (χ0v) is 12.4. The van der Waals surface area contributed by atoms with Gasteiger partial charge in [0.25, 0.3) is 5.91 Å². The Kier molecular flexibility index (Phi) is 5.54. The van der Waals surface area contributed by atoms with E-state index in [1.54, 1.807) is 12.1 Å². The van der Waals surface area contributed by atoms with Gasteiger partial charge in [-0.25, -0.2) is 13.2 Å². The van der Waals surface area contributed by atoms with Crippen molar-refractivity contribution in [2.45, 2.75) is 6.42 Å². The van der Waals surface area contributed by atoms with E-state index < -0.39 is 28.9 Å². The van der Waals surface area contributed by atoms with Gasteiger partial charge in [-0.1, -0.05) is 12.1 Å². The average molecular weight is 337 g/mol. The number of anilines is 2. The molecule has 0 saturated carbocycles. The molecule has 0 saturated heterocycles. The number of nitrogens with two attached hydrogens (primary N) is 1. The predicted octanol–water partition coefficient (Wildman–Crippen LogP) is 2.64. The van der Waals surface area contributed by atoms with Gasteiger partial charge in [-0.3, -0.25) is 9.59 Å². The molecule has 0 aliphatic rings. The zero-order valence-electron chi connectivity index (χ0n) is 12.4. The molecule has 0 radical (unpaired) electrons. The summed E-state index contributed by atoms with van der Waals surface area (Å²) in [5.41, 5.74) is 5.08. The topological polar surface area (TPSA) is 84.2 Å². The van der Waals surface area contributed by atoms with Crippen LogP contribution in [0, 0.1) is 17.5 Å². The lowest BCUT2D eigenvalue weighted by molar-refractivity contribution is -0.116. The van der Waals surface area contributed by atoms with Crippen molar-refractivity contribution in [1.82, 2.24) is 0 Å². The van der Waals surface area contributed by atoms with Crippen molar-refractivity contribution in [2.24, 2.45) is 5.73 Å². The number of halogens is 3. The van der Waals surface area contributed by atoms with Crippen LogP contribution < -0.4 is 16.4 Å². The maximum absolute atomic E-state index is 13.7. The van der Waals surface area contributed by atoms with Gasteiger partial charge in [0.15, 0.2) is 17.5 Å². The summed E-state index contributed by atoms with van der Waals surface area (Å²) in [5.74, 6) is -6.05. The highest BCUT2D eigenvalue weighted by molar-refractivity contribution is 6.07. The Bertz CT molecular complexity index is 781. The average Bonchev–Trinajstić information content (AvgIpc) is 2.54. The maximum atomic E-state index is 13.7. The van der Waals surface area contributed by atoms with Crippen molar-refractivity contribution in [3.8, 4) is 0 Å². The highest BCUT2D eigenvalue weighted by Gasteiger charge is 2.19. The first kappa shape index (κ1) is 17.5. The van der Waals surface area contributed by atoms with Crippen LogP contribution in [0.1, 0.15) is 16.8 Å². The summed E-state index contributed by atoms with van der Waals surface area (Å²) in [6.07, 6.45) is 0.0834. The molecule has 0 spiro atoms. The first-order valence-electron chi connectivity index (χ1n) is 6.98. The minimum Gasteiger partial charge on any atom is -0.330 e. The summed E-state index contributed by atoms with van der Waals surface area (Å²) < 4.78 is 39.8. The number of para-hydroxylation sites is 2. The summed E-state index contributed by atoms with van der Waals surface area (Å²) in [5, 5.41) is 4.89. The molecular formula is C16H14F3N3O2. The monoisotopic (exact) mass is 337 g/mol. The smallest absolute Gasteiger partial charge is 0.258 e. The molecule has 5 nitrogen and oxygen atoms in total. The SMILES string of the molecule is NCCC(=O)Nc1ccccc1NC(=O)c1ccc(F)c(F)c1F. The Morgan fingerprint density at radius 2 is 1.54 bits per heavy atom. The van der Waals surface area contributed by atoms with Gasteiger partial charge in [-0.15, -0.1) is 0 Å². The second kappa shape index (κ2) is 7.60. The van der Waals surface area contributed by atoms with E-state index in [1.807, 2.05) is 0 Å². The van der Waals surface area contributed by atoms with Gasteiger partial charge in [0.2, 0.25) is 5.91 Å². The van der Waals surface area contributed by atoms with Crippen LogP contribution in [0.15, 0.2) is 36.4 Å². The van der Waals surface area contributed by atoms with Crippen molar-refractivity contribution in [3.05, 3.63) is 59.4 Å². The number of benzene rings is 2. The third-order valence-corrected chi connectivity index (χ3v) is 3.10. The van der Waals surface area contributed by atoms with Gasteiger partial charge in [-0.05, 0) is 24.3 Å². The second-order valence-corrected chi connectivity index (χ2v) is 4.81. The second-order valence-electron chi connectivity index (χ2n) is 4.81. The normalized spacial score (nSPS) is 10.3. The molecule has 8 heteroatoms. The summed E-state index contributed by atoms with van der Waals surface area (Å²) in [4.78, 5) is 23.7. The maximum Gasteiger partial charge on any atom is 0.258 e. The van der Waals surface area contributed by atoms with Crippen LogP contribution in [0.5, 0.6) is 0 Å². The van der Waals surface area contributed by atoms with Crippen LogP contribution >= 0.6 is 0 Å². The number of carbonyl (C=O) groups is 2. The molecule has 0 fully saturated rings. The zero-order chi connectivity index (χ0) is 17.7. The third kappa shape index (κ3) is 3.90. The third-order valence-electron chi connectivity index (χ3n) is 3.10. The summed E-state index contributed by atoms with van der Waals surface area (Å²) in [7, 11) is 0. The minimum atomic E-state index is -1.73. The molecule has 0 aromatic heterocycles. The molecular weight excluding hydrogens is 323 g/mol. The molecule has 0 atom stereocenters. The van der Waals surface area contributed by atoms with Crippen molar-refractivity contribution < 1.29 is 22.8 Å². The van der Waals surface area contributed by atoms with E-state index in [2.05, 4.69) is 10.6 Å². The highest BCUT2D eigenvalue weighted by Crippen LogP contribution is 2.23. The van der Waals surface area contributed by atoms with Gasteiger partial charge >= 0.3 is 0 Å². The van der Waals surface area contributed by atoms with E-state index in [-0.39, 0.29) is 30.2 Å².